The maximum atomic E-state index is 11.3. The second-order valence-corrected chi connectivity index (χ2v) is 2.95. The van der Waals surface area contributed by atoms with Crippen molar-refractivity contribution < 1.29 is 28.8 Å². The Hall–Kier alpha value is -0.690. The second-order valence-electron chi connectivity index (χ2n) is 2.95. The van der Waals surface area contributed by atoms with E-state index in [-0.39, 0.29) is 6.61 Å². The second kappa shape index (κ2) is 4.22. The first-order chi connectivity index (χ1) is 6.62. The number of hydrogen-bond donors (Lipinski definition) is 1. The number of carbonyl (C=O) groups is 1. The summed E-state index contributed by atoms with van der Waals surface area (Å²) in [5.74, 6) is -0.621. The van der Waals surface area contributed by atoms with E-state index in [1.54, 1.807) is 0 Å². The molecule has 1 N–H and O–H groups in total. The van der Waals surface area contributed by atoms with Crippen molar-refractivity contribution in [2.75, 3.05) is 27.9 Å². The monoisotopic (exact) mass is 206 g/mol. The standard InChI is InChI=1S/C8H14O6/c1-11-6(12-2)5(9)8(4-14-8)7(10)13-3/h5-6,9H,4H2,1-3H3/t5-,8-/m1/s1. The van der Waals surface area contributed by atoms with Crippen LogP contribution in [0.25, 0.3) is 0 Å². The number of methoxy groups -OCH3 is 3. The van der Waals surface area contributed by atoms with E-state index in [9.17, 15) is 9.90 Å². The van der Waals surface area contributed by atoms with E-state index in [1.807, 2.05) is 0 Å². The molecule has 1 aliphatic rings. The van der Waals surface area contributed by atoms with Crippen molar-refractivity contribution in [1.29, 1.82) is 0 Å². The molecule has 1 aliphatic heterocycles. The fraction of sp³-hybridized carbons (Fsp3) is 0.875. The van der Waals surface area contributed by atoms with Crippen molar-refractivity contribution in [2.24, 2.45) is 0 Å². The molecular weight excluding hydrogens is 192 g/mol. The molecule has 0 bridgehead atoms. The van der Waals surface area contributed by atoms with Gasteiger partial charge in [-0.05, 0) is 0 Å². The van der Waals surface area contributed by atoms with Crippen molar-refractivity contribution in [1.82, 2.24) is 0 Å². The van der Waals surface area contributed by atoms with E-state index >= 15 is 0 Å². The summed E-state index contributed by atoms with van der Waals surface area (Å²) in [6, 6.07) is 0. The van der Waals surface area contributed by atoms with Crippen LogP contribution in [-0.2, 0) is 23.7 Å². The fourth-order valence-corrected chi connectivity index (χ4v) is 1.23. The number of ether oxygens (including phenoxy) is 4. The molecule has 0 aromatic carbocycles. The minimum absolute atomic E-state index is 0.115. The molecule has 0 radical (unpaired) electrons. The van der Waals surface area contributed by atoms with Gasteiger partial charge in [0.25, 0.3) is 0 Å². The largest absolute Gasteiger partial charge is 0.467 e. The van der Waals surface area contributed by atoms with E-state index in [1.165, 1.54) is 21.3 Å². The molecular formula is C8H14O6. The zero-order valence-corrected chi connectivity index (χ0v) is 8.35. The molecule has 0 aromatic heterocycles. The first kappa shape index (κ1) is 11.4. The van der Waals surface area contributed by atoms with Crippen LogP contribution in [0.1, 0.15) is 0 Å². The average molecular weight is 206 g/mol. The molecule has 6 nitrogen and oxygen atoms in total. The van der Waals surface area contributed by atoms with E-state index < -0.39 is 24.0 Å². The normalized spacial score (nSPS) is 27.5. The van der Waals surface area contributed by atoms with Gasteiger partial charge in [-0.2, -0.15) is 0 Å². The van der Waals surface area contributed by atoms with Gasteiger partial charge >= 0.3 is 5.97 Å². The van der Waals surface area contributed by atoms with E-state index in [0.717, 1.165) is 0 Å². The highest BCUT2D eigenvalue weighted by Crippen LogP contribution is 2.34. The van der Waals surface area contributed by atoms with Crippen LogP contribution in [0.15, 0.2) is 0 Å². The number of hydrogen-bond acceptors (Lipinski definition) is 6. The Labute approximate surface area is 81.7 Å². The van der Waals surface area contributed by atoms with Crippen molar-refractivity contribution >= 4 is 5.97 Å². The molecule has 14 heavy (non-hydrogen) atoms. The number of aliphatic hydroxyl groups is 1. The van der Waals surface area contributed by atoms with Gasteiger partial charge in [0, 0.05) is 14.2 Å². The number of aliphatic hydroxyl groups excluding tert-OH is 1. The molecule has 0 saturated carbocycles. The summed E-state index contributed by atoms with van der Waals surface area (Å²) >= 11 is 0. The molecule has 0 spiro atoms. The van der Waals surface area contributed by atoms with Crippen LogP contribution in [0.5, 0.6) is 0 Å². The molecule has 6 heteroatoms. The molecule has 1 fully saturated rings. The topological polar surface area (TPSA) is 77.5 Å². The minimum atomic E-state index is -1.31. The highest BCUT2D eigenvalue weighted by Gasteiger charge is 2.62. The van der Waals surface area contributed by atoms with Crippen molar-refractivity contribution in [3.05, 3.63) is 0 Å². The highest BCUT2D eigenvalue weighted by molar-refractivity contribution is 5.83. The van der Waals surface area contributed by atoms with E-state index in [4.69, 9.17) is 14.2 Å². The third kappa shape index (κ3) is 1.74. The van der Waals surface area contributed by atoms with E-state index in [2.05, 4.69) is 4.74 Å². The molecule has 0 unspecified atom stereocenters. The number of carbonyl (C=O) groups excluding carboxylic acids is 1. The SMILES string of the molecule is COC(=O)[C@]1([C@H](O)C(OC)OC)CO1. The lowest BCUT2D eigenvalue weighted by molar-refractivity contribution is -0.192. The Morgan fingerprint density at radius 2 is 1.93 bits per heavy atom. The molecule has 2 atom stereocenters. The smallest absolute Gasteiger partial charge is 0.343 e. The van der Waals surface area contributed by atoms with Crippen LogP contribution in [-0.4, -0.2) is 57.0 Å². The fourth-order valence-electron chi connectivity index (χ4n) is 1.23. The Morgan fingerprint density at radius 1 is 1.43 bits per heavy atom. The van der Waals surface area contributed by atoms with Gasteiger partial charge in [0.05, 0.1) is 13.7 Å². The van der Waals surface area contributed by atoms with Gasteiger partial charge in [0.1, 0.15) is 6.10 Å². The van der Waals surface area contributed by atoms with Gasteiger partial charge in [-0.25, -0.2) is 4.79 Å². The summed E-state index contributed by atoms with van der Waals surface area (Å²) in [6.07, 6.45) is -2.10. The lowest BCUT2D eigenvalue weighted by Gasteiger charge is -2.23. The Bertz CT molecular complexity index is 208. The number of rotatable bonds is 5. The lowest BCUT2D eigenvalue weighted by atomic mass is 10.0. The maximum absolute atomic E-state index is 11.3. The first-order valence-electron chi connectivity index (χ1n) is 4.08. The first-order valence-corrected chi connectivity index (χ1v) is 4.08. The van der Waals surface area contributed by atoms with Gasteiger partial charge in [0.2, 0.25) is 5.60 Å². The van der Waals surface area contributed by atoms with Gasteiger partial charge in [-0.1, -0.05) is 0 Å². The molecule has 1 rings (SSSR count). The molecule has 1 saturated heterocycles. The van der Waals surface area contributed by atoms with Gasteiger partial charge in [-0.15, -0.1) is 0 Å². The molecule has 0 amide bonds. The Morgan fingerprint density at radius 3 is 2.21 bits per heavy atom. The Balaban J connectivity index is 2.67. The van der Waals surface area contributed by atoms with Crippen molar-refractivity contribution in [3.63, 3.8) is 0 Å². The Kier molecular flexibility index (Phi) is 3.43. The van der Waals surface area contributed by atoms with Crippen LogP contribution < -0.4 is 0 Å². The lowest BCUT2D eigenvalue weighted by Crippen LogP contribution is -2.47. The summed E-state index contributed by atoms with van der Waals surface area (Å²) < 4.78 is 19.1. The van der Waals surface area contributed by atoms with E-state index in [0.29, 0.717) is 0 Å². The molecule has 0 aromatic rings. The molecule has 82 valence electrons. The maximum Gasteiger partial charge on any atom is 0.343 e. The summed E-state index contributed by atoms with van der Waals surface area (Å²) in [5, 5.41) is 9.72. The van der Waals surface area contributed by atoms with Crippen LogP contribution in [0.4, 0.5) is 0 Å². The third-order valence-electron chi connectivity index (χ3n) is 2.19. The summed E-state index contributed by atoms with van der Waals surface area (Å²) in [7, 11) is 3.96. The van der Waals surface area contributed by atoms with Crippen molar-refractivity contribution in [2.45, 2.75) is 18.0 Å². The van der Waals surface area contributed by atoms with Gasteiger partial charge in [0.15, 0.2) is 6.29 Å². The zero-order chi connectivity index (χ0) is 10.8. The van der Waals surface area contributed by atoms with Crippen molar-refractivity contribution in [3.8, 4) is 0 Å². The average Bonchev–Trinajstić information content (AvgIpc) is 2.99. The summed E-state index contributed by atoms with van der Waals surface area (Å²) in [4.78, 5) is 11.3. The molecule has 1 heterocycles. The minimum Gasteiger partial charge on any atom is -0.467 e. The van der Waals surface area contributed by atoms with Crippen LogP contribution in [0, 0.1) is 0 Å². The summed E-state index contributed by atoms with van der Waals surface area (Å²) in [5.41, 5.74) is -1.31. The quantitative estimate of drug-likeness (QED) is 0.350. The predicted molar refractivity (Wildman–Crippen MR) is 44.5 cm³/mol. The zero-order valence-electron chi connectivity index (χ0n) is 8.35. The molecule has 0 aliphatic carbocycles. The predicted octanol–water partition coefficient (Wildman–Crippen LogP) is -1.09. The van der Waals surface area contributed by atoms with Crippen LogP contribution >= 0.6 is 0 Å². The van der Waals surface area contributed by atoms with Gasteiger partial charge < -0.3 is 24.1 Å². The number of esters is 1. The van der Waals surface area contributed by atoms with Crippen LogP contribution in [0.2, 0.25) is 0 Å². The summed E-state index contributed by atoms with van der Waals surface area (Å²) in [6.45, 7) is 0.115. The highest BCUT2D eigenvalue weighted by atomic mass is 16.7. The van der Waals surface area contributed by atoms with Crippen LogP contribution in [0.3, 0.4) is 0 Å². The number of epoxide rings is 1. The van der Waals surface area contributed by atoms with Gasteiger partial charge in [-0.3, -0.25) is 0 Å². The third-order valence-corrected chi connectivity index (χ3v) is 2.19.